The molecule has 0 aliphatic heterocycles. The first kappa shape index (κ1) is 15.5. The Hall–Kier alpha value is -0.900. The van der Waals surface area contributed by atoms with Crippen LogP contribution in [0.5, 0.6) is 0 Å². The first-order valence-electron chi connectivity index (χ1n) is 8.31. The predicted molar refractivity (Wildman–Crippen MR) is 82.5 cm³/mol. The minimum absolute atomic E-state index is 0.671. The molecule has 1 saturated carbocycles. The van der Waals surface area contributed by atoms with E-state index < -0.39 is 0 Å². The molecule has 0 bridgehead atoms. The van der Waals surface area contributed by atoms with E-state index in [4.69, 9.17) is 0 Å². The van der Waals surface area contributed by atoms with Crippen LogP contribution in [0.15, 0.2) is 6.20 Å². The van der Waals surface area contributed by atoms with Crippen LogP contribution in [0.2, 0.25) is 0 Å². The molecule has 1 N–H and O–H groups in total. The fraction of sp³-hybridized carbons (Fsp3) is 0.875. The van der Waals surface area contributed by atoms with Crippen molar-refractivity contribution in [2.24, 2.45) is 18.9 Å². The second-order valence-electron chi connectivity index (χ2n) is 6.38. The Morgan fingerprint density at radius 3 is 2.80 bits per heavy atom. The zero-order valence-corrected chi connectivity index (χ0v) is 13.3. The van der Waals surface area contributed by atoms with E-state index in [2.05, 4.69) is 35.7 Å². The molecule has 0 spiro atoms. The molecule has 1 aromatic rings. The molecule has 1 fully saturated rings. The molecule has 3 atom stereocenters. The lowest BCUT2D eigenvalue weighted by atomic mass is 9.74. The Labute approximate surface area is 123 Å². The molecule has 0 radical (unpaired) electrons. The monoisotopic (exact) mass is 278 g/mol. The Kier molecular flexibility index (Phi) is 6.02. The van der Waals surface area contributed by atoms with Crippen molar-refractivity contribution in [2.75, 3.05) is 6.54 Å². The van der Waals surface area contributed by atoms with Gasteiger partial charge in [0.2, 0.25) is 0 Å². The third kappa shape index (κ3) is 4.30. The number of aryl methyl sites for hydroxylation is 1. The maximum Gasteiger partial charge on any atom is 0.0830 e. The zero-order valence-electron chi connectivity index (χ0n) is 13.3. The lowest BCUT2D eigenvalue weighted by Crippen LogP contribution is -2.42. The third-order valence-corrected chi connectivity index (χ3v) is 4.57. The predicted octanol–water partition coefficient (Wildman–Crippen LogP) is 2.94. The summed E-state index contributed by atoms with van der Waals surface area (Å²) in [6.07, 6.45) is 11.1. The lowest BCUT2D eigenvalue weighted by Gasteiger charge is -2.36. The second kappa shape index (κ2) is 7.77. The Morgan fingerprint density at radius 1 is 1.30 bits per heavy atom. The average molecular weight is 278 g/mol. The van der Waals surface area contributed by atoms with E-state index in [1.54, 1.807) is 0 Å². The molecule has 1 heterocycles. The lowest BCUT2D eigenvalue weighted by molar-refractivity contribution is 0.193. The van der Waals surface area contributed by atoms with E-state index >= 15 is 0 Å². The highest BCUT2D eigenvalue weighted by molar-refractivity contribution is 4.98. The molecule has 4 nitrogen and oxygen atoms in total. The van der Waals surface area contributed by atoms with Gasteiger partial charge in [0.05, 0.1) is 5.69 Å². The molecule has 20 heavy (non-hydrogen) atoms. The van der Waals surface area contributed by atoms with Gasteiger partial charge < -0.3 is 5.32 Å². The second-order valence-corrected chi connectivity index (χ2v) is 6.38. The highest BCUT2D eigenvalue weighted by atomic mass is 15.4. The van der Waals surface area contributed by atoms with Crippen molar-refractivity contribution in [3.63, 3.8) is 0 Å². The summed E-state index contributed by atoms with van der Waals surface area (Å²) in [7, 11) is 1.95. The van der Waals surface area contributed by atoms with Crippen molar-refractivity contribution in [2.45, 2.75) is 64.8 Å². The highest BCUT2D eigenvalue weighted by Crippen LogP contribution is 2.34. The van der Waals surface area contributed by atoms with Crippen LogP contribution in [0.3, 0.4) is 0 Å². The van der Waals surface area contributed by atoms with E-state index in [9.17, 15) is 0 Å². The van der Waals surface area contributed by atoms with Gasteiger partial charge in [0, 0.05) is 19.3 Å². The van der Waals surface area contributed by atoms with E-state index in [0.717, 1.165) is 30.5 Å². The molecule has 1 aromatic heterocycles. The maximum absolute atomic E-state index is 4.28. The molecular weight excluding hydrogens is 248 g/mol. The molecule has 0 aromatic carbocycles. The minimum Gasteiger partial charge on any atom is -0.314 e. The highest BCUT2D eigenvalue weighted by Gasteiger charge is 2.30. The number of hydrogen-bond acceptors (Lipinski definition) is 3. The SMILES string of the molecule is CCCNC1CCC(CCC)CC1Cc1cn(C)nn1. The zero-order chi connectivity index (χ0) is 14.4. The summed E-state index contributed by atoms with van der Waals surface area (Å²) in [5.41, 5.74) is 1.15. The van der Waals surface area contributed by atoms with Gasteiger partial charge in [-0.2, -0.15) is 0 Å². The van der Waals surface area contributed by atoms with Gasteiger partial charge in [-0.1, -0.05) is 31.9 Å². The Bertz CT molecular complexity index is 388. The van der Waals surface area contributed by atoms with Crippen molar-refractivity contribution in [1.29, 1.82) is 0 Å². The normalized spacial score (nSPS) is 26.9. The summed E-state index contributed by atoms with van der Waals surface area (Å²) in [5, 5.41) is 12.1. The van der Waals surface area contributed by atoms with Crippen LogP contribution in [0.25, 0.3) is 0 Å². The van der Waals surface area contributed by atoms with E-state index in [-0.39, 0.29) is 0 Å². The van der Waals surface area contributed by atoms with E-state index in [1.165, 1.54) is 38.5 Å². The van der Waals surface area contributed by atoms with Crippen LogP contribution in [0.1, 0.15) is 58.1 Å². The van der Waals surface area contributed by atoms with Crippen molar-refractivity contribution in [3.8, 4) is 0 Å². The molecule has 114 valence electrons. The number of hydrogen-bond donors (Lipinski definition) is 1. The molecule has 3 unspecified atom stereocenters. The van der Waals surface area contributed by atoms with Gasteiger partial charge >= 0.3 is 0 Å². The maximum atomic E-state index is 4.28. The van der Waals surface area contributed by atoms with Crippen molar-refractivity contribution < 1.29 is 0 Å². The van der Waals surface area contributed by atoms with Crippen molar-refractivity contribution in [3.05, 3.63) is 11.9 Å². The van der Waals surface area contributed by atoms with Gasteiger partial charge in [0.25, 0.3) is 0 Å². The molecule has 1 aliphatic rings. The number of rotatable bonds is 7. The van der Waals surface area contributed by atoms with Gasteiger partial charge in [-0.15, -0.1) is 5.10 Å². The third-order valence-electron chi connectivity index (χ3n) is 4.57. The molecule has 4 heteroatoms. The van der Waals surface area contributed by atoms with Gasteiger partial charge in [-0.05, 0) is 50.5 Å². The van der Waals surface area contributed by atoms with Crippen LogP contribution >= 0.6 is 0 Å². The van der Waals surface area contributed by atoms with Crippen LogP contribution in [-0.2, 0) is 13.5 Å². The van der Waals surface area contributed by atoms with Crippen molar-refractivity contribution >= 4 is 0 Å². The molecule has 0 saturated heterocycles. The Morgan fingerprint density at radius 2 is 2.15 bits per heavy atom. The summed E-state index contributed by atoms with van der Waals surface area (Å²) >= 11 is 0. The van der Waals surface area contributed by atoms with Crippen LogP contribution in [0, 0.1) is 11.8 Å². The largest absolute Gasteiger partial charge is 0.314 e. The van der Waals surface area contributed by atoms with Crippen LogP contribution < -0.4 is 5.32 Å². The fourth-order valence-electron chi connectivity index (χ4n) is 3.61. The summed E-state index contributed by atoms with van der Waals surface area (Å²) in [6, 6.07) is 0.671. The first-order valence-corrected chi connectivity index (χ1v) is 8.31. The van der Waals surface area contributed by atoms with Gasteiger partial charge in [-0.25, -0.2) is 0 Å². The van der Waals surface area contributed by atoms with Crippen LogP contribution in [0.4, 0.5) is 0 Å². The fourth-order valence-corrected chi connectivity index (χ4v) is 3.61. The van der Waals surface area contributed by atoms with E-state index in [1.807, 2.05) is 11.7 Å². The topological polar surface area (TPSA) is 42.7 Å². The standard InChI is InChI=1S/C16H30N4/c1-4-6-13-7-8-16(17-9-5-2)14(10-13)11-15-12-20(3)19-18-15/h12-14,16-17H,4-11H2,1-3H3. The van der Waals surface area contributed by atoms with Gasteiger partial charge in [-0.3, -0.25) is 4.68 Å². The molecule has 1 aliphatic carbocycles. The average Bonchev–Trinajstić information content (AvgIpc) is 2.84. The van der Waals surface area contributed by atoms with E-state index in [0.29, 0.717) is 6.04 Å². The van der Waals surface area contributed by atoms with Crippen molar-refractivity contribution in [1.82, 2.24) is 20.3 Å². The quantitative estimate of drug-likeness (QED) is 0.834. The summed E-state index contributed by atoms with van der Waals surface area (Å²) in [6.45, 7) is 5.69. The van der Waals surface area contributed by atoms with Gasteiger partial charge in [0.1, 0.15) is 0 Å². The molecule has 2 rings (SSSR count). The summed E-state index contributed by atoms with van der Waals surface area (Å²) < 4.78 is 1.82. The molecular formula is C16H30N4. The van der Waals surface area contributed by atoms with Gasteiger partial charge in [0.15, 0.2) is 0 Å². The summed E-state index contributed by atoms with van der Waals surface area (Å²) in [5.74, 6) is 1.64. The number of aromatic nitrogens is 3. The minimum atomic E-state index is 0.671. The number of nitrogens with zero attached hydrogens (tertiary/aromatic N) is 3. The smallest absolute Gasteiger partial charge is 0.0830 e. The first-order chi connectivity index (χ1) is 9.72. The van der Waals surface area contributed by atoms with Crippen LogP contribution in [-0.4, -0.2) is 27.6 Å². The number of nitrogens with one attached hydrogen (secondary N) is 1. The summed E-state index contributed by atoms with van der Waals surface area (Å²) in [4.78, 5) is 0. The Balaban J connectivity index is 1.96. The molecule has 0 amide bonds.